The summed E-state index contributed by atoms with van der Waals surface area (Å²) >= 11 is 0. The Balaban J connectivity index is 2.54. The largest absolute Gasteiger partial charge is 0.486 e. The maximum absolute atomic E-state index is 11.6. The monoisotopic (exact) mass is 266 g/mol. The van der Waals surface area contributed by atoms with Gasteiger partial charge in [-0.25, -0.2) is 4.79 Å². The predicted molar refractivity (Wildman–Crippen MR) is 72.7 cm³/mol. The van der Waals surface area contributed by atoms with Crippen LogP contribution in [0.2, 0.25) is 0 Å². The topological polar surface area (TPSA) is 100 Å². The molecule has 0 spiro atoms. The van der Waals surface area contributed by atoms with E-state index < -0.39 is 0 Å². The number of hydrogen-bond acceptors (Lipinski definition) is 4. The van der Waals surface area contributed by atoms with Crippen molar-refractivity contribution < 1.29 is 14.7 Å². The summed E-state index contributed by atoms with van der Waals surface area (Å²) in [6, 6.07) is 6.62. The van der Waals surface area contributed by atoms with Crippen LogP contribution in [0, 0.1) is 0 Å². The number of urea groups is 1. The number of benzene rings is 1. The van der Waals surface area contributed by atoms with Crippen LogP contribution in [0.1, 0.15) is 6.92 Å². The van der Waals surface area contributed by atoms with E-state index in [0.717, 1.165) is 0 Å². The first kappa shape index (κ1) is 14.6. The molecule has 0 saturated heterocycles. The highest BCUT2D eigenvalue weighted by molar-refractivity contribution is 5.89. The van der Waals surface area contributed by atoms with Crippen LogP contribution in [0.5, 0.6) is 5.75 Å². The van der Waals surface area contributed by atoms with Gasteiger partial charge in [-0.3, -0.25) is 0 Å². The highest BCUT2D eigenvalue weighted by atomic mass is 16.5. The van der Waals surface area contributed by atoms with Crippen LogP contribution in [-0.4, -0.2) is 42.2 Å². The zero-order chi connectivity index (χ0) is 14.3. The van der Waals surface area contributed by atoms with Gasteiger partial charge in [-0.15, -0.1) is 0 Å². The van der Waals surface area contributed by atoms with Crippen LogP contribution >= 0.6 is 0 Å². The van der Waals surface area contributed by atoms with Gasteiger partial charge in [0.25, 0.3) is 0 Å². The number of amides is 2. The van der Waals surface area contributed by atoms with Gasteiger partial charge in [-0.1, -0.05) is 5.16 Å². The maximum Gasteiger partial charge on any atom is 0.321 e. The van der Waals surface area contributed by atoms with Crippen LogP contribution in [-0.2, 0) is 0 Å². The van der Waals surface area contributed by atoms with Gasteiger partial charge in [0.1, 0.15) is 12.4 Å². The van der Waals surface area contributed by atoms with Gasteiger partial charge in [-0.05, 0) is 31.2 Å². The van der Waals surface area contributed by atoms with Crippen LogP contribution in [0.15, 0.2) is 29.4 Å². The van der Waals surface area contributed by atoms with Crippen molar-refractivity contribution in [3.63, 3.8) is 0 Å². The fraction of sp³-hybridized carbons (Fsp3) is 0.333. The van der Waals surface area contributed by atoms with E-state index in [2.05, 4.69) is 10.5 Å². The van der Waals surface area contributed by atoms with Gasteiger partial charge in [0.05, 0.1) is 0 Å². The summed E-state index contributed by atoms with van der Waals surface area (Å²) in [4.78, 5) is 13.2. The minimum atomic E-state index is -0.173. The zero-order valence-corrected chi connectivity index (χ0v) is 11.0. The number of ether oxygens (including phenoxy) is 1. The quantitative estimate of drug-likeness (QED) is 0.323. The Morgan fingerprint density at radius 3 is 2.63 bits per heavy atom. The molecule has 0 bridgehead atoms. The van der Waals surface area contributed by atoms with Crippen molar-refractivity contribution in [2.75, 3.05) is 25.5 Å². The van der Waals surface area contributed by atoms with Crippen LogP contribution < -0.4 is 15.8 Å². The molecule has 0 radical (unpaired) electrons. The molecular weight excluding hydrogens is 248 g/mol. The summed E-state index contributed by atoms with van der Waals surface area (Å²) in [7, 11) is 1.71. The Morgan fingerprint density at radius 2 is 2.11 bits per heavy atom. The normalized spacial score (nSPS) is 10.9. The second-order valence-electron chi connectivity index (χ2n) is 3.85. The van der Waals surface area contributed by atoms with Gasteiger partial charge >= 0.3 is 6.03 Å². The van der Waals surface area contributed by atoms with Gasteiger partial charge in [0.15, 0.2) is 5.84 Å². The van der Waals surface area contributed by atoms with Crippen molar-refractivity contribution in [2.45, 2.75) is 6.92 Å². The third-order valence-electron chi connectivity index (χ3n) is 2.44. The van der Waals surface area contributed by atoms with Crippen molar-refractivity contribution in [3.05, 3.63) is 24.3 Å². The number of rotatable bonds is 5. The van der Waals surface area contributed by atoms with Crippen molar-refractivity contribution in [1.29, 1.82) is 0 Å². The number of anilines is 1. The molecule has 0 unspecified atom stereocenters. The van der Waals surface area contributed by atoms with E-state index in [9.17, 15) is 4.79 Å². The number of hydrogen-bond donors (Lipinski definition) is 3. The molecule has 0 heterocycles. The summed E-state index contributed by atoms with van der Waals surface area (Å²) in [6.07, 6.45) is 0. The zero-order valence-electron chi connectivity index (χ0n) is 11.0. The molecule has 2 amide bonds. The Kier molecular flexibility index (Phi) is 5.46. The first-order valence-electron chi connectivity index (χ1n) is 5.78. The van der Waals surface area contributed by atoms with E-state index in [1.54, 1.807) is 36.2 Å². The Bertz CT molecular complexity index is 445. The fourth-order valence-corrected chi connectivity index (χ4v) is 1.18. The lowest BCUT2D eigenvalue weighted by Crippen LogP contribution is -2.30. The van der Waals surface area contributed by atoms with Crippen molar-refractivity contribution in [3.8, 4) is 5.75 Å². The highest BCUT2D eigenvalue weighted by Crippen LogP contribution is 2.15. The third-order valence-corrected chi connectivity index (χ3v) is 2.44. The molecule has 104 valence electrons. The average Bonchev–Trinajstić information content (AvgIpc) is 2.45. The number of oxime groups is 1. The molecule has 19 heavy (non-hydrogen) atoms. The van der Waals surface area contributed by atoms with Crippen molar-refractivity contribution >= 4 is 17.6 Å². The van der Waals surface area contributed by atoms with E-state index in [0.29, 0.717) is 18.0 Å². The Hall–Kier alpha value is -2.44. The summed E-state index contributed by atoms with van der Waals surface area (Å²) < 4.78 is 5.25. The summed E-state index contributed by atoms with van der Waals surface area (Å²) in [5.74, 6) is 0.551. The first-order chi connectivity index (χ1) is 9.06. The lowest BCUT2D eigenvalue weighted by molar-refractivity contribution is 0.224. The smallest absolute Gasteiger partial charge is 0.321 e. The lowest BCUT2D eigenvalue weighted by atomic mass is 10.3. The van der Waals surface area contributed by atoms with Gasteiger partial charge in [-0.2, -0.15) is 0 Å². The number of amidine groups is 1. The molecule has 0 fully saturated rings. The maximum atomic E-state index is 11.6. The average molecular weight is 266 g/mol. The molecule has 0 atom stereocenters. The molecule has 0 aliphatic heterocycles. The number of carbonyl (C=O) groups excluding carboxylic acids is 1. The SMILES string of the molecule is CCN(C)C(=O)Nc1ccc(OCC(N)=NO)cc1. The number of nitrogens with two attached hydrogens (primary N) is 1. The fourth-order valence-electron chi connectivity index (χ4n) is 1.18. The number of carbonyl (C=O) groups is 1. The van der Waals surface area contributed by atoms with E-state index in [4.69, 9.17) is 15.7 Å². The standard InChI is InChI=1S/C12H18N4O3/c1-3-16(2)12(17)14-9-4-6-10(7-5-9)19-8-11(13)15-18/h4-7,18H,3,8H2,1-2H3,(H2,13,15)(H,14,17). The first-order valence-corrected chi connectivity index (χ1v) is 5.78. The molecule has 1 aromatic rings. The summed E-state index contributed by atoms with van der Waals surface area (Å²) in [5.41, 5.74) is 5.95. The molecule has 0 aliphatic carbocycles. The van der Waals surface area contributed by atoms with Crippen LogP contribution in [0.3, 0.4) is 0 Å². The van der Waals surface area contributed by atoms with E-state index in [1.165, 1.54) is 0 Å². The van der Waals surface area contributed by atoms with Gasteiger partial charge < -0.3 is 25.9 Å². The second-order valence-corrected chi connectivity index (χ2v) is 3.85. The van der Waals surface area contributed by atoms with E-state index in [-0.39, 0.29) is 18.5 Å². The van der Waals surface area contributed by atoms with Crippen LogP contribution in [0.4, 0.5) is 10.5 Å². The molecule has 7 nitrogen and oxygen atoms in total. The predicted octanol–water partition coefficient (Wildman–Crippen LogP) is 1.30. The summed E-state index contributed by atoms with van der Waals surface area (Å²) in [5, 5.41) is 13.9. The minimum absolute atomic E-state index is 0.000772. The minimum Gasteiger partial charge on any atom is -0.486 e. The van der Waals surface area contributed by atoms with Gasteiger partial charge in [0.2, 0.25) is 0 Å². The third kappa shape index (κ3) is 4.74. The van der Waals surface area contributed by atoms with Crippen molar-refractivity contribution in [2.24, 2.45) is 10.9 Å². The molecule has 4 N–H and O–H groups in total. The second kappa shape index (κ2) is 7.10. The number of nitrogens with zero attached hydrogens (tertiary/aromatic N) is 2. The molecule has 7 heteroatoms. The van der Waals surface area contributed by atoms with Crippen LogP contribution in [0.25, 0.3) is 0 Å². The number of nitrogens with one attached hydrogen (secondary N) is 1. The van der Waals surface area contributed by atoms with Gasteiger partial charge in [0, 0.05) is 19.3 Å². The van der Waals surface area contributed by atoms with Crippen molar-refractivity contribution in [1.82, 2.24) is 4.90 Å². The Morgan fingerprint density at radius 1 is 1.47 bits per heavy atom. The Labute approximate surface area is 111 Å². The molecule has 1 aromatic carbocycles. The molecular formula is C12H18N4O3. The molecule has 0 saturated carbocycles. The lowest BCUT2D eigenvalue weighted by Gasteiger charge is -2.15. The van der Waals surface area contributed by atoms with E-state index >= 15 is 0 Å². The molecule has 0 aromatic heterocycles. The van der Waals surface area contributed by atoms with E-state index in [1.807, 2.05) is 6.92 Å². The summed E-state index contributed by atoms with van der Waals surface area (Å²) in [6.45, 7) is 2.53. The molecule has 1 rings (SSSR count). The highest BCUT2D eigenvalue weighted by Gasteiger charge is 2.06. The molecule has 0 aliphatic rings.